The van der Waals surface area contributed by atoms with Crippen LogP contribution in [-0.2, 0) is 10.8 Å². The summed E-state index contributed by atoms with van der Waals surface area (Å²) < 4.78 is 95.5. The molecule has 378 valence electrons. The molecule has 5 heteroatoms. The molecule has 0 bridgehead atoms. The molecule has 0 amide bonds. The van der Waals surface area contributed by atoms with Crippen LogP contribution in [0.2, 0.25) is 0 Å². The van der Waals surface area contributed by atoms with Gasteiger partial charge in [-0.05, 0) is 110 Å². The molecule has 15 rings (SSSR count). The van der Waals surface area contributed by atoms with Gasteiger partial charge >= 0.3 is 0 Å². The zero-order chi connectivity index (χ0) is 62.0. The largest absolute Gasteiger partial charge is 0.311 e. The van der Waals surface area contributed by atoms with Gasteiger partial charge in [0, 0.05) is 66.8 Å². The maximum absolute atomic E-state index is 9.43. The van der Waals surface area contributed by atoms with Crippen molar-refractivity contribution in [2.45, 2.75) is 52.4 Å². The molecule has 0 spiro atoms. The fourth-order valence-electron chi connectivity index (χ4n) is 13.0. The number of aromatic nitrogens is 2. The fourth-order valence-corrected chi connectivity index (χ4v) is 13.0. The van der Waals surface area contributed by atoms with Crippen LogP contribution in [0.5, 0.6) is 0 Å². The van der Waals surface area contributed by atoms with Crippen molar-refractivity contribution in [3.63, 3.8) is 0 Å². The van der Waals surface area contributed by atoms with Crippen molar-refractivity contribution in [2.24, 2.45) is 0 Å². The minimum absolute atomic E-state index is 0.0696. The van der Waals surface area contributed by atoms with Gasteiger partial charge in [0.15, 0.2) is 0 Å². The van der Waals surface area contributed by atoms with E-state index in [4.69, 9.17) is 8.22 Å². The normalized spacial score (nSPS) is 14.9. The van der Waals surface area contributed by atoms with Gasteiger partial charge in [0.1, 0.15) is 0 Å². The van der Waals surface area contributed by atoms with E-state index in [2.05, 4.69) is 194 Å². The quantitative estimate of drug-likeness (QED) is 0.154. The van der Waals surface area contributed by atoms with Crippen LogP contribution in [0.3, 0.4) is 0 Å². The number of benzene rings is 11. The molecule has 2 aliphatic heterocycles. The van der Waals surface area contributed by atoms with Gasteiger partial charge in [-0.3, -0.25) is 0 Å². The summed E-state index contributed by atoms with van der Waals surface area (Å²) in [6.07, 6.45) is 0. The molecule has 79 heavy (non-hydrogen) atoms. The number of fused-ring (bicyclic) bond motifs is 10. The maximum atomic E-state index is 9.43. The second-order valence-corrected chi connectivity index (χ2v) is 22.9. The van der Waals surface area contributed by atoms with Crippen molar-refractivity contribution in [1.29, 1.82) is 0 Å². The molecular weight excluding hydrogens is 956 g/mol. The van der Waals surface area contributed by atoms with Crippen molar-refractivity contribution in [1.82, 2.24) is 9.13 Å². The van der Waals surface area contributed by atoms with Gasteiger partial charge in [-0.1, -0.05) is 229 Å². The maximum Gasteiger partial charge on any atom is 0.252 e. The SMILES string of the molecule is [2H]c1c([2H])c([2H])c(-c2ccccc2N2c3cc(-n4c5ccccc5c5cccc(C(C)(C)C)c54)ccc3B3c4ccc(-n5c6ccccc6c6cccc(C(C)(C)C)c65)cc4N(c4ccccc4-c4c([2H])c([2H])c([2H])c([2H])c4[2H])c4cccc2c43)c([2H])c1[2H]. The highest BCUT2D eigenvalue weighted by Crippen LogP contribution is 2.50. The molecule has 4 heterocycles. The Labute approximate surface area is 477 Å². The lowest BCUT2D eigenvalue weighted by Crippen LogP contribution is -2.61. The average molecular weight is 1030 g/mol. The minimum atomic E-state index is -0.478. The van der Waals surface area contributed by atoms with Crippen molar-refractivity contribution in [3.8, 4) is 33.6 Å². The molecule has 4 nitrogen and oxygen atoms in total. The Morgan fingerprint density at radius 2 is 0.734 bits per heavy atom. The summed E-state index contributed by atoms with van der Waals surface area (Å²) >= 11 is 0. The Morgan fingerprint density at radius 3 is 1.18 bits per heavy atom. The van der Waals surface area contributed by atoms with Crippen molar-refractivity contribution in [2.75, 3.05) is 9.80 Å². The Hall–Kier alpha value is -9.32. The summed E-state index contributed by atoms with van der Waals surface area (Å²) in [6.45, 7) is 13.0. The van der Waals surface area contributed by atoms with Crippen LogP contribution in [0.4, 0.5) is 34.1 Å². The molecule has 2 aromatic heterocycles. The average Bonchev–Trinajstić information content (AvgIpc) is 1.15. The van der Waals surface area contributed by atoms with Crippen molar-refractivity contribution >= 4 is 101 Å². The van der Waals surface area contributed by atoms with Gasteiger partial charge in [0.2, 0.25) is 0 Å². The zero-order valence-corrected chi connectivity index (χ0v) is 44.8. The number of nitrogens with zero attached hydrogens (tertiary/aromatic N) is 4. The van der Waals surface area contributed by atoms with Gasteiger partial charge in [-0.2, -0.15) is 0 Å². The third-order valence-corrected chi connectivity index (χ3v) is 16.3. The molecule has 2 aliphatic rings. The van der Waals surface area contributed by atoms with Crippen LogP contribution in [0.15, 0.2) is 248 Å². The standard InChI is InChI=1S/C74H59BN4/c1-73(2,3)58-34-21-32-56-54-30-15-19-38-64(54)76(71(56)58)50-42-44-60-68(46-50)78(62-36-17-13-28-52(62)48-24-9-7-10-25-48)66-40-23-41-67-70(66)75(60)61-45-43-51(47-69(61)79(67)63-37-18-14-29-53(63)49-26-11-8-12-27-49)77-65-39-20-16-31-55(65)57-33-22-35-59(72(57)77)74(4,5)6/h7-47H,1-6H3/i7D,8D,9D,10D,11D,12D,24D,25D,26D,27D. The molecule has 0 saturated heterocycles. The Kier molecular flexibility index (Phi) is 8.35. The second-order valence-electron chi connectivity index (χ2n) is 22.9. The molecular formula is C74H59BN4. The Bertz CT molecular complexity index is 4850. The summed E-state index contributed by atoms with van der Waals surface area (Å²) in [4.78, 5) is 4.38. The summed E-state index contributed by atoms with van der Waals surface area (Å²) in [5, 5.41) is 4.48. The van der Waals surface area contributed by atoms with Crippen LogP contribution in [-0.4, -0.2) is 15.8 Å². The Balaban J connectivity index is 1.08. The van der Waals surface area contributed by atoms with E-state index in [1.165, 1.54) is 11.1 Å². The molecule has 0 fully saturated rings. The van der Waals surface area contributed by atoms with Crippen molar-refractivity contribution in [3.05, 3.63) is 260 Å². The molecule has 13 aromatic rings. The summed E-state index contributed by atoms with van der Waals surface area (Å²) in [7, 11) is 0. The monoisotopic (exact) mass is 1020 g/mol. The predicted molar refractivity (Wildman–Crippen MR) is 337 cm³/mol. The first-order valence-corrected chi connectivity index (χ1v) is 27.1. The van der Waals surface area contributed by atoms with Gasteiger partial charge < -0.3 is 18.9 Å². The molecule has 11 aromatic carbocycles. The predicted octanol–water partition coefficient (Wildman–Crippen LogP) is 17.9. The summed E-state index contributed by atoms with van der Waals surface area (Å²) in [6, 6.07) is 60.8. The number of para-hydroxylation sites is 6. The highest BCUT2D eigenvalue weighted by atomic mass is 15.2. The number of rotatable bonds is 6. The fraction of sp³-hybridized carbons (Fsp3) is 0.108. The lowest BCUT2D eigenvalue weighted by atomic mass is 9.33. The van der Waals surface area contributed by atoms with E-state index in [0.717, 1.165) is 94.1 Å². The molecule has 0 radical (unpaired) electrons. The first-order chi connectivity index (χ1) is 42.7. The smallest absolute Gasteiger partial charge is 0.252 e. The van der Waals surface area contributed by atoms with Crippen LogP contribution in [0.1, 0.15) is 66.4 Å². The molecule has 0 atom stereocenters. The molecule has 0 N–H and O–H groups in total. The van der Waals surface area contributed by atoms with Gasteiger partial charge in [0.05, 0.1) is 47.1 Å². The van der Waals surface area contributed by atoms with E-state index in [9.17, 15) is 5.48 Å². The lowest BCUT2D eigenvalue weighted by Gasteiger charge is -2.45. The zero-order valence-electron chi connectivity index (χ0n) is 54.8. The topological polar surface area (TPSA) is 16.3 Å². The molecule has 0 saturated carbocycles. The van der Waals surface area contributed by atoms with E-state index >= 15 is 0 Å². The van der Waals surface area contributed by atoms with Crippen LogP contribution < -0.4 is 26.2 Å². The van der Waals surface area contributed by atoms with Gasteiger partial charge in [0.25, 0.3) is 6.71 Å². The van der Waals surface area contributed by atoms with Crippen LogP contribution in [0.25, 0.3) is 77.2 Å². The first-order valence-electron chi connectivity index (χ1n) is 32.1. The summed E-state index contributed by atoms with van der Waals surface area (Å²) in [5.74, 6) is 0. The summed E-state index contributed by atoms with van der Waals surface area (Å²) in [5.41, 5.74) is 16.1. The highest BCUT2D eigenvalue weighted by molar-refractivity contribution is 7.00. The molecule has 0 aliphatic carbocycles. The Morgan fingerprint density at radius 1 is 0.354 bits per heavy atom. The van der Waals surface area contributed by atoms with E-state index in [0.29, 0.717) is 22.5 Å². The third-order valence-electron chi connectivity index (χ3n) is 16.3. The van der Waals surface area contributed by atoms with Gasteiger partial charge in [-0.15, -0.1) is 0 Å². The van der Waals surface area contributed by atoms with Gasteiger partial charge in [-0.25, -0.2) is 0 Å². The van der Waals surface area contributed by atoms with E-state index in [1.54, 1.807) is 0 Å². The number of hydrogen-bond acceptors (Lipinski definition) is 2. The highest BCUT2D eigenvalue weighted by Gasteiger charge is 2.44. The number of hydrogen-bond donors (Lipinski definition) is 0. The van der Waals surface area contributed by atoms with Crippen LogP contribution >= 0.6 is 0 Å². The third kappa shape index (κ3) is 7.15. The van der Waals surface area contributed by atoms with E-state index in [1.807, 2.05) is 54.6 Å². The van der Waals surface area contributed by atoms with Crippen molar-refractivity contribution < 1.29 is 13.7 Å². The molecule has 0 unspecified atom stereocenters. The van der Waals surface area contributed by atoms with E-state index < -0.39 is 43.0 Å². The van der Waals surface area contributed by atoms with Crippen LogP contribution in [0, 0.1) is 0 Å². The number of anilines is 6. The first kappa shape index (κ1) is 37.5. The lowest BCUT2D eigenvalue weighted by molar-refractivity contribution is 0.593. The second kappa shape index (κ2) is 17.6. The minimum Gasteiger partial charge on any atom is -0.311 e. The van der Waals surface area contributed by atoms with E-state index in [-0.39, 0.29) is 46.1 Å².